The van der Waals surface area contributed by atoms with Crippen molar-refractivity contribution in [2.75, 3.05) is 0 Å². The number of hydrogen-bond donors (Lipinski definition) is 1. The molecule has 82 valence electrons. The number of rotatable bonds is 4. The Bertz CT molecular complexity index is 435. The van der Waals surface area contributed by atoms with E-state index in [1.54, 1.807) is 36.6 Å². The zero-order valence-electron chi connectivity index (χ0n) is 8.61. The number of halogens is 1. The third-order valence-electron chi connectivity index (χ3n) is 1.74. The number of carbonyl (C=O) groups excluding carboxylic acids is 1. The molecule has 1 aromatic heterocycles. The molecule has 16 heavy (non-hydrogen) atoms. The van der Waals surface area contributed by atoms with Gasteiger partial charge in [-0.1, -0.05) is 19.2 Å². The van der Waals surface area contributed by atoms with Gasteiger partial charge < -0.3 is 5.32 Å². The number of aromatic nitrogens is 1. The van der Waals surface area contributed by atoms with Gasteiger partial charge >= 0.3 is 0 Å². The second-order valence-corrected chi connectivity index (χ2v) is 3.79. The van der Waals surface area contributed by atoms with Gasteiger partial charge in [0.2, 0.25) is 0 Å². The van der Waals surface area contributed by atoms with Crippen molar-refractivity contribution in [1.82, 2.24) is 10.3 Å². The Hall–Kier alpha value is -1.68. The van der Waals surface area contributed by atoms with E-state index in [1.807, 2.05) is 0 Å². The Labute approximate surface area is 103 Å². The third kappa shape index (κ3) is 3.47. The topological polar surface area (TPSA) is 42.0 Å². The molecule has 0 saturated heterocycles. The summed E-state index contributed by atoms with van der Waals surface area (Å²) < 4.78 is 0.828. The highest BCUT2D eigenvalue weighted by Crippen LogP contribution is 2.07. The summed E-state index contributed by atoms with van der Waals surface area (Å²) in [7, 11) is 0. The van der Waals surface area contributed by atoms with Crippen LogP contribution < -0.4 is 5.32 Å². The summed E-state index contributed by atoms with van der Waals surface area (Å²) in [6, 6.07) is 3.39. The van der Waals surface area contributed by atoms with Gasteiger partial charge in [0.15, 0.2) is 0 Å². The van der Waals surface area contributed by atoms with Gasteiger partial charge in [-0.2, -0.15) is 0 Å². The second-order valence-electron chi connectivity index (χ2n) is 2.88. The summed E-state index contributed by atoms with van der Waals surface area (Å²) in [5.74, 6) is -0.277. The molecule has 1 amide bonds. The molecule has 0 spiro atoms. The van der Waals surface area contributed by atoms with Gasteiger partial charge in [0.05, 0.1) is 0 Å². The fraction of sp³-hybridized carbons (Fsp3) is 0. The molecule has 1 heterocycles. The van der Waals surface area contributed by atoms with Gasteiger partial charge in [0, 0.05) is 16.4 Å². The average molecular weight is 279 g/mol. The number of allylic oxidation sites excluding steroid dienone is 3. The zero-order valence-corrected chi connectivity index (χ0v) is 10.2. The van der Waals surface area contributed by atoms with E-state index in [-0.39, 0.29) is 5.91 Å². The molecule has 0 unspecified atom stereocenters. The van der Waals surface area contributed by atoms with E-state index in [0.717, 1.165) is 4.47 Å². The number of amides is 1. The molecule has 0 aromatic carbocycles. The Morgan fingerprint density at radius 2 is 2.19 bits per heavy atom. The highest BCUT2D eigenvalue weighted by Gasteiger charge is 2.06. The maximum Gasteiger partial charge on any atom is 0.274 e. The lowest BCUT2D eigenvalue weighted by atomic mass is 10.3. The second kappa shape index (κ2) is 6.02. The van der Waals surface area contributed by atoms with Crippen LogP contribution in [0.3, 0.4) is 0 Å². The molecule has 4 heteroatoms. The molecule has 1 N–H and O–H groups in total. The first-order valence-corrected chi connectivity index (χ1v) is 5.34. The fourth-order valence-corrected chi connectivity index (χ4v) is 1.23. The summed E-state index contributed by atoms with van der Waals surface area (Å²) in [6.45, 7) is 7.12. The summed E-state index contributed by atoms with van der Waals surface area (Å²) >= 11 is 3.25. The fourth-order valence-electron chi connectivity index (χ4n) is 0.993. The molecule has 0 aliphatic carbocycles. The lowest BCUT2D eigenvalue weighted by molar-refractivity contribution is 0.0962. The summed E-state index contributed by atoms with van der Waals surface area (Å²) in [5, 5.41) is 2.66. The molecule has 0 aliphatic heterocycles. The first-order valence-electron chi connectivity index (χ1n) is 4.55. The largest absolute Gasteiger partial charge is 0.321 e. The maximum absolute atomic E-state index is 11.7. The molecular formula is C12H11BrN2O. The number of carbonyl (C=O) groups is 1. The Morgan fingerprint density at radius 1 is 1.44 bits per heavy atom. The minimum Gasteiger partial charge on any atom is -0.321 e. The summed E-state index contributed by atoms with van der Waals surface area (Å²) in [4.78, 5) is 15.7. The van der Waals surface area contributed by atoms with Crippen LogP contribution in [0.5, 0.6) is 0 Å². The van der Waals surface area contributed by atoms with Crippen LogP contribution in [0.1, 0.15) is 10.5 Å². The first kappa shape index (κ1) is 12.4. The number of nitrogens with zero attached hydrogens (tertiary/aromatic N) is 1. The molecule has 0 fully saturated rings. The first-order chi connectivity index (χ1) is 7.67. The number of pyridine rings is 1. The van der Waals surface area contributed by atoms with Crippen molar-refractivity contribution in [2.45, 2.75) is 0 Å². The third-order valence-corrected chi connectivity index (χ3v) is 2.20. The summed E-state index contributed by atoms with van der Waals surface area (Å²) in [5.41, 5.74) is 0.935. The van der Waals surface area contributed by atoms with Crippen LogP contribution in [-0.2, 0) is 0 Å². The van der Waals surface area contributed by atoms with Gasteiger partial charge in [-0.05, 0) is 40.2 Å². The average Bonchev–Trinajstić information content (AvgIpc) is 2.29. The van der Waals surface area contributed by atoms with E-state index >= 15 is 0 Å². The van der Waals surface area contributed by atoms with E-state index in [1.165, 1.54) is 0 Å². The van der Waals surface area contributed by atoms with Crippen LogP contribution in [0.25, 0.3) is 0 Å². The van der Waals surface area contributed by atoms with Gasteiger partial charge in [-0.15, -0.1) is 0 Å². The molecule has 1 rings (SSSR count). The zero-order chi connectivity index (χ0) is 12.0. The predicted octanol–water partition coefficient (Wildman–Crippen LogP) is 2.83. The van der Waals surface area contributed by atoms with Crippen molar-refractivity contribution in [1.29, 1.82) is 0 Å². The van der Waals surface area contributed by atoms with E-state index < -0.39 is 0 Å². The summed E-state index contributed by atoms with van der Waals surface area (Å²) in [6.07, 6.45) is 6.34. The predicted molar refractivity (Wildman–Crippen MR) is 67.9 cm³/mol. The number of hydrogen-bond acceptors (Lipinski definition) is 2. The van der Waals surface area contributed by atoms with E-state index in [0.29, 0.717) is 11.4 Å². The lowest BCUT2D eigenvalue weighted by Crippen LogP contribution is -2.22. The highest BCUT2D eigenvalue weighted by molar-refractivity contribution is 9.10. The minimum absolute atomic E-state index is 0.277. The monoisotopic (exact) mass is 278 g/mol. The SMILES string of the molecule is C=C/C=C(\C=C)NC(=O)c1ccc(Br)cn1. The van der Waals surface area contributed by atoms with Gasteiger partial charge in [0.25, 0.3) is 5.91 Å². The normalized spacial score (nSPS) is 10.7. The van der Waals surface area contributed by atoms with Crippen LogP contribution in [0.4, 0.5) is 0 Å². The molecule has 0 bridgehead atoms. The number of nitrogens with one attached hydrogen (secondary N) is 1. The van der Waals surface area contributed by atoms with Gasteiger partial charge in [-0.25, -0.2) is 4.98 Å². The Balaban J connectivity index is 2.79. The smallest absolute Gasteiger partial charge is 0.274 e. The molecule has 1 aromatic rings. The van der Waals surface area contributed by atoms with Crippen molar-refractivity contribution in [3.05, 3.63) is 65.6 Å². The van der Waals surface area contributed by atoms with Gasteiger partial charge in [-0.3, -0.25) is 4.79 Å². The van der Waals surface area contributed by atoms with Crippen molar-refractivity contribution in [2.24, 2.45) is 0 Å². The van der Waals surface area contributed by atoms with E-state index in [4.69, 9.17) is 0 Å². The van der Waals surface area contributed by atoms with Gasteiger partial charge in [0.1, 0.15) is 5.69 Å². The molecule has 3 nitrogen and oxygen atoms in total. The molecule has 0 aliphatic rings. The maximum atomic E-state index is 11.7. The van der Waals surface area contributed by atoms with Crippen LogP contribution in [-0.4, -0.2) is 10.9 Å². The van der Waals surface area contributed by atoms with Crippen molar-refractivity contribution in [3.8, 4) is 0 Å². The van der Waals surface area contributed by atoms with E-state index in [9.17, 15) is 4.79 Å². The lowest BCUT2D eigenvalue weighted by Gasteiger charge is -2.04. The van der Waals surface area contributed by atoms with Crippen molar-refractivity contribution >= 4 is 21.8 Å². The van der Waals surface area contributed by atoms with Crippen molar-refractivity contribution < 1.29 is 4.79 Å². The van der Waals surface area contributed by atoms with Crippen LogP contribution in [0, 0.1) is 0 Å². The highest BCUT2D eigenvalue weighted by atomic mass is 79.9. The van der Waals surface area contributed by atoms with Crippen molar-refractivity contribution in [3.63, 3.8) is 0 Å². The Morgan fingerprint density at radius 3 is 2.69 bits per heavy atom. The molecule has 0 atom stereocenters. The quantitative estimate of drug-likeness (QED) is 0.861. The molecular weight excluding hydrogens is 268 g/mol. The van der Waals surface area contributed by atoms with Crippen LogP contribution >= 0.6 is 15.9 Å². The van der Waals surface area contributed by atoms with Crippen LogP contribution in [0.15, 0.2) is 59.9 Å². The minimum atomic E-state index is -0.277. The van der Waals surface area contributed by atoms with E-state index in [2.05, 4.69) is 39.4 Å². The van der Waals surface area contributed by atoms with Crippen LogP contribution in [0.2, 0.25) is 0 Å². The molecule has 0 saturated carbocycles. The Kier molecular flexibility index (Phi) is 4.66. The molecule has 0 radical (unpaired) electrons. The standard InChI is InChI=1S/C12H11BrN2O/c1-3-5-10(4-2)15-12(16)11-7-6-9(13)8-14-11/h3-8H,1-2H2,(H,15,16)/b10-5+.